The van der Waals surface area contributed by atoms with Crippen LogP contribution in [0.3, 0.4) is 0 Å². The molecule has 0 bridgehead atoms. The van der Waals surface area contributed by atoms with Crippen molar-refractivity contribution in [3.05, 3.63) is 23.0 Å². The van der Waals surface area contributed by atoms with Gasteiger partial charge in [-0.15, -0.1) is 0 Å². The zero-order valence-electron chi connectivity index (χ0n) is 6.23. The van der Waals surface area contributed by atoms with Crippen molar-refractivity contribution in [2.45, 2.75) is 6.92 Å². The summed E-state index contributed by atoms with van der Waals surface area (Å²) < 4.78 is 0. The molecule has 0 N–H and O–H groups in total. The van der Waals surface area contributed by atoms with E-state index in [0.717, 1.165) is 0 Å². The van der Waals surface area contributed by atoms with E-state index >= 15 is 0 Å². The van der Waals surface area contributed by atoms with Crippen molar-refractivity contribution < 1.29 is 19.5 Å². The highest BCUT2D eigenvalue weighted by Crippen LogP contribution is 1.77. The molecular formula is C6H5N2O4-3. The summed E-state index contributed by atoms with van der Waals surface area (Å²) in [4.78, 5) is 26.0. The second-order valence-corrected chi connectivity index (χ2v) is 1.25. The summed E-state index contributed by atoms with van der Waals surface area (Å²) in [6.07, 6.45) is 1.00. The Morgan fingerprint density at radius 3 is 1.42 bits per heavy atom. The molecule has 0 fully saturated rings. The number of hydrogen-bond donors (Lipinski definition) is 0. The lowest BCUT2D eigenvalue weighted by Gasteiger charge is -1.93. The molecule has 0 atom stereocenters. The zero-order chi connectivity index (χ0) is 10.6. The summed E-state index contributed by atoms with van der Waals surface area (Å²) in [5.74, 6) is -1.19. The van der Waals surface area contributed by atoms with Gasteiger partial charge in [-0.1, -0.05) is 6.58 Å². The first-order chi connectivity index (χ1) is 5.47. The van der Waals surface area contributed by atoms with Crippen molar-refractivity contribution in [2.24, 2.45) is 0 Å². The van der Waals surface area contributed by atoms with E-state index in [2.05, 4.69) is 6.58 Å². The van der Waals surface area contributed by atoms with Crippen LogP contribution < -0.4 is 5.11 Å². The Hall–Kier alpha value is -2.03. The number of carboxylic acids is 1. The maximum atomic E-state index is 9.49. The molecule has 0 aliphatic carbocycles. The molecule has 66 valence electrons. The Balaban J connectivity index is -0.000000115. The van der Waals surface area contributed by atoms with Crippen molar-refractivity contribution in [1.82, 2.24) is 0 Å². The molecule has 0 rings (SSSR count). The van der Waals surface area contributed by atoms with Gasteiger partial charge in [0.2, 0.25) is 0 Å². The molecule has 0 spiro atoms. The van der Waals surface area contributed by atoms with Gasteiger partial charge in [0.25, 0.3) is 0 Å². The van der Waals surface area contributed by atoms with Gasteiger partial charge in [-0.3, -0.25) is 9.59 Å². The summed E-state index contributed by atoms with van der Waals surface area (Å²) in [5.41, 5.74) is 0.0648. The lowest BCUT2D eigenvalue weighted by molar-refractivity contribution is -0.299. The number of isocyanates is 2. The number of carboxylic acid groups (broad SMARTS) is 1. The fourth-order valence-corrected chi connectivity index (χ4v) is 0. The number of rotatable bonds is 1. The molecule has 0 heterocycles. The summed E-state index contributed by atoms with van der Waals surface area (Å²) in [5, 5.41) is 23.0. The van der Waals surface area contributed by atoms with E-state index in [0.29, 0.717) is 12.2 Å². The fraction of sp³-hybridized carbons (Fsp3) is 0.167. The molecule has 0 saturated carbocycles. The van der Waals surface area contributed by atoms with Crippen LogP contribution in [0.15, 0.2) is 12.2 Å². The van der Waals surface area contributed by atoms with Crippen molar-refractivity contribution in [2.75, 3.05) is 0 Å². The highest BCUT2D eigenvalue weighted by Gasteiger charge is 1.76. The molecule has 0 unspecified atom stereocenters. The summed E-state index contributed by atoms with van der Waals surface area (Å²) >= 11 is 0. The summed E-state index contributed by atoms with van der Waals surface area (Å²) in [6.45, 7) is 4.48. The summed E-state index contributed by atoms with van der Waals surface area (Å²) in [6, 6.07) is 0. The molecule has 0 aliphatic rings. The number of aliphatic carboxylic acids is 1. The Morgan fingerprint density at radius 1 is 1.33 bits per heavy atom. The molecule has 0 aliphatic heterocycles. The minimum atomic E-state index is -1.19. The Bertz CT molecular complexity index is 186. The van der Waals surface area contributed by atoms with Crippen LogP contribution in [0.25, 0.3) is 10.8 Å². The van der Waals surface area contributed by atoms with Gasteiger partial charge in [-0.2, -0.15) is 0 Å². The number of carbonyl (C=O) groups excluding carboxylic acids is 3. The standard InChI is InChI=1S/C4H6O2.2CNO/c1-3(2)4(5)6;2*2-1-3/h1H2,2H3,(H,5,6);;/q;2*-1/p-1. The number of hydrogen-bond acceptors (Lipinski definition) is 4. The Kier molecular flexibility index (Phi) is 22.0. The van der Waals surface area contributed by atoms with E-state index in [1.54, 1.807) is 0 Å². The van der Waals surface area contributed by atoms with E-state index in [1.807, 2.05) is 0 Å². The minimum Gasteiger partial charge on any atom is -0.724 e. The molecule has 0 aromatic rings. The van der Waals surface area contributed by atoms with Crippen LogP contribution in [0, 0.1) is 0 Å². The van der Waals surface area contributed by atoms with Crippen LogP contribution in [0.5, 0.6) is 0 Å². The van der Waals surface area contributed by atoms with Crippen LogP contribution >= 0.6 is 0 Å². The largest absolute Gasteiger partial charge is 0.724 e. The lowest BCUT2D eigenvalue weighted by atomic mass is 10.4. The maximum absolute atomic E-state index is 9.49. The first-order valence-electron chi connectivity index (χ1n) is 2.37. The third kappa shape index (κ3) is 99.8. The van der Waals surface area contributed by atoms with Crippen molar-refractivity contribution in [3.63, 3.8) is 0 Å². The third-order valence-corrected chi connectivity index (χ3v) is 0.348. The number of carbonyl (C=O) groups is 1. The molecule has 0 aromatic heterocycles. The molecule has 0 amide bonds. The first kappa shape index (κ1) is 16.5. The smallest absolute Gasteiger partial charge is 0.0666 e. The molecule has 12 heavy (non-hydrogen) atoms. The predicted molar refractivity (Wildman–Crippen MR) is 37.9 cm³/mol. The highest BCUT2D eigenvalue weighted by molar-refractivity contribution is 5.82. The van der Waals surface area contributed by atoms with Crippen LogP contribution in [0.1, 0.15) is 6.92 Å². The van der Waals surface area contributed by atoms with E-state index in [-0.39, 0.29) is 5.57 Å². The maximum Gasteiger partial charge on any atom is 0.0666 e. The monoisotopic (exact) mass is 169 g/mol. The van der Waals surface area contributed by atoms with Gasteiger partial charge in [0, 0.05) is 0 Å². The topological polar surface area (TPSA) is 119 Å². The minimum absolute atomic E-state index is 0.0648. The highest BCUT2D eigenvalue weighted by atomic mass is 16.4. The van der Waals surface area contributed by atoms with E-state index in [4.69, 9.17) is 20.4 Å². The lowest BCUT2D eigenvalue weighted by Crippen LogP contribution is -2.22. The van der Waals surface area contributed by atoms with Gasteiger partial charge in [0.15, 0.2) is 0 Å². The van der Waals surface area contributed by atoms with E-state index in [1.165, 1.54) is 6.92 Å². The second-order valence-electron chi connectivity index (χ2n) is 1.25. The Morgan fingerprint density at radius 2 is 1.42 bits per heavy atom. The van der Waals surface area contributed by atoms with Gasteiger partial charge >= 0.3 is 0 Å². The molecule has 0 radical (unpaired) electrons. The number of nitrogens with zero attached hydrogens (tertiary/aromatic N) is 2. The van der Waals surface area contributed by atoms with Gasteiger partial charge in [0.05, 0.1) is 5.97 Å². The quantitative estimate of drug-likeness (QED) is 0.287. The SMILES string of the molecule is C=C(C)C(=O)[O-].[N-]=C=O.[N-]=C=O. The van der Waals surface area contributed by atoms with E-state index < -0.39 is 5.97 Å². The van der Waals surface area contributed by atoms with Crippen molar-refractivity contribution in [3.8, 4) is 0 Å². The normalized spacial score (nSPS) is 5.08. The van der Waals surface area contributed by atoms with Crippen LogP contribution in [-0.4, -0.2) is 18.1 Å². The van der Waals surface area contributed by atoms with Gasteiger partial charge < -0.3 is 20.7 Å². The molecule has 6 heteroatoms. The van der Waals surface area contributed by atoms with Crippen LogP contribution in [0.4, 0.5) is 0 Å². The summed E-state index contributed by atoms with van der Waals surface area (Å²) in [7, 11) is 0. The average molecular weight is 169 g/mol. The molecular weight excluding hydrogens is 164 g/mol. The van der Waals surface area contributed by atoms with Gasteiger partial charge in [0.1, 0.15) is 0 Å². The predicted octanol–water partition coefficient (Wildman–Crippen LogP) is -0.904. The van der Waals surface area contributed by atoms with E-state index in [9.17, 15) is 9.90 Å². The van der Waals surface area contributed by atoms with Crippen LogP contribution in [0.2, 0.25) is 0 Å². The molecule has 6 nitrogen and oxygen atoms in total. The third-order valence-electron chi connectivity index (χ3n) is 0.348. The van der Waals surface area contributed by atoms with Crippen molar-refractivity contribution in [1.29, 1.82) is 0 Å². The molecule has 0 aromatic carbocycles. The van der Waals surface area contributed by atoms with Gasteiger partial charge in [-0.05, 0) is 24.7 Å². The molecule has 0 saturated heterocycles. The van der Waals surface area contributed by atoms with Crippen LogP contribution in [-0.2, 0) is 14.4 Å². The van der Waals surface area contributed by atoms with Gasteiger partial charge in [-0.25, -0.2) is 0 Å². The van der Waals surface area contributed by atoms with Crippen molar-refractivity contribution >= 4 is 18.1 Å². The fourth-order valence-electron chi connectivity index (χ4n) is 0. The Labute approximate surface area is 68.5 Å². The zero-order valence-corrected chi connectivity index (χ0v) is 6.23. The second kappa shape index (κ2) is 16.0. The average Bonchev–Trinajstić information content (AvgIpc) is 1.90. The first-order valence-corrected chi connectivity index (χ1v) is 2.37.